The van der Waals surface area contributed by atoms with Gasteiger partial charge in [-0.05, 0) is 64.2 Å². The summed E-state index contributed by atoms with van der Waals surface area (Å²) in [4.78, 5) is 23.2. The fourth-order valence-electron chi connectivity index (χ4n) is 5.88. The van der Waals surface area contributed by atoms with E-state index in [9.17, 15) is 18.0 Å². The maximum Gasteiger partial charge on any atom is 0.397 e. The molecule has 290 valence electrons. The van der Waals surface area contributed by atoms with Crippen LogP contribution in [0.4, 0.5) is 0 Å². The van der Waals surface area contributed by atoms with Crippen molar-refractivity contribution in [1.82, 2.24) is 5.32 Å². The Kier molecular flexibility index (Phi) is 41.7. The second-order valence-electron chi connectivity index (χ2n) is 13.7. The molecule has 0 radical (unpaired) electrons. The lowest BCUT2D eigenvalue weighted by atomic mass is 10.0. The van der Waals surface area contributed by atoms with Crippen molar-refractivity contribution in [2.75, 3.05) is 7.11 Å². The number of unbranched alkanes of at least 4 members (excludes halogenated alkanes) is 24. The van der Waals surface area contributed by atoms with Crippen LogP contribution in [0.25, 0.3) is 0 Å². The van der Waals surface area contributed by atoms with E-state index < -0.39 is 10.4 Å². The molecule has 0 saturated carbocycles. The van der Waals surface area contributed by atoms with Gasteiger partial charge in [0.05, 0.1) is 19.2 Å². The van der Waals surface area contributed by atoms with Crippen molar-refractivity contribution in [3.8, 4) is 0 Å². The average Bonchev–Trinajstić information content (AvgIpc) is 3.09. The minimum atomic E-state index is -4.16. The Balaban J connectivity index is 0. The molecule has 2 N–H and O–H groups in total. The van der Waals surface area contributed by atoms with E-state index in [0.717, 1.165) is 45.4 Å². The molecule has 0 fully saturated rings. The molecule has 49 heavy (non-hydrogen) atoms. The molecule has 2 unspecified atom stereocenters. The van der Waals surface area contributed by atoms with Gasteiger partial charge in [0.15, 0.2) is 0 Å². The first-order valence-corrected chi connectivity index (χ1v) is 21.7. The number of aldehydes is 2. The second-order valence-corrected chi connectivity index (χ2v) is 14.9. The molecule has 0 spiro atoms. The first-order valence-electron chi connectivity index (χ1n) is 20.3. The molecule has 0 saturated heterocycles. The summed E-state index contributed by atoms with van der Waals surface area (Å²) >= 11 is 0. The van der Waals surface area contributed by atoms with Gasteiger partial charge in [-0.3, -0.25) is 14.1 Å². The predicted octanol–water partition coefficient (Wildman–Crippen LogP) is 12.0. The maximum atomic E-state index is 11.6. The molecule has 0 aliphatic heterocycles. The van der Waals surface area contributed by atoms with E-state index in [-0.39, 0.29) is 12.1 Å². The van der Waals surface area contributed by atoms with Gasteiger partial charge < -0.3 is 9.59 Å². The summed E-state index contributed by atoms with van der Waals surface area (Å²) in [7, 11) is -3.29. The van der Waals surface area contributed by atoms with E-state index in [1.165, 1.54) is 167 Å². The third-order valence-corrected chi connectivity index (χ3v) is 9.44. The van der Waals surface area contributed by atoms with Crippen molar-refractivity contribution in [3.05, 3.63) is 24.3 Å². The van der Waals surface area contributed by atoms with Crippen LogP contribution in [0, 0.1) is 0 Å². The van der Waals surface area contributed by atoms with Gasteiger partial charge in [0, 0.05) is 0 Å². The zero-order valence-corrected chi connectivity index (χ0v) is 33.0. The van der Waals surface area contributed by atoms with Gasteiger partial charge in [0.1, 0.15) is 12.6 Å². The topological polar surface area (TPSA) is 110 Å². The summed E-state index contributed by atoms with van der Waals surface area (Å²) in [5, 5.41) is 3.31. The third-order valence-electron chi connectivity index (χ3n) is 9.02. The molecule has 7 nitrogen and oxygen atoms in total. The van der Waals surface area contributed by atoms with E-state index in [1.54, 1.807) is 0 Å². The Morgan fingerprint density at radius 2 is 0.735 bits per heavy atom. The number of allylic oxidation sites excluding steroid dienone is 4. The van der Waals surface area contributed by atoms with E-state index in [2.05, 4.69) is 47.7 Å². The average molecular weight is 714 g/mol. The first kappa shape index (κ1) is 49.8. The number of hydrogen-bond donors (Lipinski definition) is 2. The lowest BCUT2D eigenvalue weighted by Crippen LogP contribution is -2.40. The van der Waals surface area contributed by atoms with E-state index in [4.69, 9.17) is 4.55 Å². The smallest absolute Gasteiger partial charge is 0.302 e. The molecule has 0 aliphatic rings. The van der Waals surface area contributed by atoms with Gasteiger partial charge in [-0.25, -0.2) is 0 Å². The zero-order chi connectivity index (χ0) is 36.5. The highest BCUT2D eigenvalue weighted by Gasteiger charge is 2.13. The molecule has 0 aromatic rings. The summed E-state index contributed by atoms with van der Waals surface area (Å²) in [6.45, 7) is 4.55. The number of carbonyl (C=O) groups excluding carboxylic acids is 2. The van der Waals surface area contributed by atoms with Gasteiger partial charge in [0.2, 0.25) is 0 Å². The Labute approximate surface area is 304 Å². The van der Waals surface area contributed by atoms with Crippen LogP contribution < -0.4 is 5.32 Å². The molecule has 0 amide bonds. The Hall–Kier alpha value is -1.35. The molecular weight excluding hydrogens is 635 g/mol. The molecular formula is C41H79NO6S. The fourth-order valence-corrected chi connectivity index (χ4v) is 5.88. The van der Waals surface area contributed by atoms with Crippen LogP contribution in [0.2, 0.25) is 0 Å². The van der Waals surface area contributed by atoms with Gasteiger partial charge in [-0.1, -0.05) is 167 Å². The van der Waals surface area contributed by atoms with Crippen LogP contribution in [0.3, 0.4) is 0 Å². The molecule has 8 heteroatoms. The number of nitrogens with one attached hydrogen (secondary N) is 1. The van der Waals surface area contributed by atoms with Crippen molar-refractivity contribution >= 4 is 23.0 Å². The lowest BCUT2D eigenvalue weighted by Gasteiger charge is -2.18. The van der Waals surface area contributed by atoms with Gasteiger partial charge >= 0.3 is 10.4 Å². The summed E-state index contributed by atoms with van der Waals surface area (Å²) in [6, 6.07) is -0.359. The van der Waals surface area contributed by atoms with Crippen LogP contribution in [0.5, 0.6) is 0 Å². The van der Waals surface area contributed by atoms with Crippen LogP contribution in [0.1, 0.15) is 206 Å². The van der Waals surface area contributed by atoms with Crippen LogP contribution >= 0.6 is 0 Å². The van der Waals surface area contributed by atoms with Gasteiger partial charge in [-0.15, -0.1) is 0 Å². The van der Waals surface area contributed by atoms with Crippen molar-refractivity contribution in [1.29, 1.82) is 0 Å². The van der Waals surface area contributed by atoms with E-state index in [0.29, 0.717) is 0 Å². The number of carbonyl (C=O) groups is 2. The molecule has 2 atom stereocenters. The predicted molar refractivity (Wildman–Crippen MR) is 210 cm³/mol. The van der Waals surface area contributed by atoms with Crippen molar-refractivity contribution in [2.45, 2.75) is 219 Å². The normalized spacial score (nSPS) is 13.1. The van der Waals surface area contributed by atoms with E-state index >= 15 is 0 Å². The van der Waals surface area contributed by atoms with Crippen molar-refractivity contribution in [3.63, 3.8) is 0 Å². The van der Waals surface area contributed by atoms with Crippen LogP contribution in [-0.2, 0) is 24.2 Å². The zero-order valence-electron chi connectivity index (χ0n) is 32.2. The van der Waals surface area contributed by atoms with Gasteiger partial charge in [-0.2, -0.15) is 8.42 Å². The summed E-state index contributed by atoms with van der Waals surface area (Å²) in [5.41, 5.74) is 0. The molecule has 0 aliphatic carbocycles. The Morgan fingerprint density at radius 3 is 0.980 bits per heavy atom. The van der Waals surface area contributed by atoms with Crippen molar-refractivity contribution < 1.29 is 26.7 Å². The minimum absolute atomic E-state index is 0.180. The Morgan fingerprint density at radius 1 is 0.490 bits per heavy atom. The van der Waals surface area contributed by atoms with Crippen LogP contribution in [0.15, 0.2) is 24.3 Å². The highest BCUT2D eigenvalue weighted by molar-refractivity contribution is 7.80. The maximum absolute atomic E-state index is 11.6. The molecule has 0 bridgehead atoms. The third kappa shape index (κ3) is 44.6. The lowest BCUT2D eigenvalue weighted by molar-refractivity contribution is -0.111. The monoisotopic (exact) mass is 714 g/mol. The minimum Gasteiger partial charge on any atom is -0.302 e. The first-order chi connectivity index (χ1) is 23.8. The molecule has 0 aromatic heterocycles. The fraction of sp³-hybridized carbons (Fsp3) is 0.854. The number of hydrogen-bond acceptors (Lipinski definition) is 6. The Bertz CT molecular complexity index is 793. The van der Waals surface area contributed by atoms with Crippen LogP contribution in [-0.4, -0.2) is 44.7 Å². The summed E-state index contributed by atoms with van der Waals surface area (Å²) in [5.74, 6) is 0. The molecule has 0 rings (SSSR count). The van der Waals surface area contributed by atoms with Crippen molar-refractivity contribution in [2.24, 2.45) is 0 Å². The van der Waals surface area contributed by atoms with Gasteiger partial charge in [0.25, 0.3) is 0 Å². The SMILES string of the molecule is CCCCCCCC/C=C\CCCCCCCCC(C=O)NC(C=O)CCCCCCCC/C=C\CCCCCCCC.COS(=O)(=O)O. The summed E-state index contributed by atoms with van der Waals surface area (Å²) in [6.07, 6.45) is 49.5. The molecule has 0 heterocycles. The van der Waals surface area contributed by atoms with E-state index in [1.807, 2.05) is 0 Å². The summed E-state index contributed by atoms with van der Waals surface area (Å²) < 4.78 is 29.7. The largest absolute Gasteiger partial charge is 0.397 e. The number of rotatable bonds is 37. The standard InChI is InChI=1S/C40H75NO2.CH4O4S/c1-3-5-7-9-11-13-15-17-19-21-23-25-27-29-31-33-35-39(37-42)41-40(38-43)36-34-32-30-28-26-24-22-20-18-16-14-12-10-8-6-4-2;1-5-6(2,3)4/h17-20,37-41H,3-16,21-36H2,1-2H3;1H3,(H,2,3,4)/b19-17-,20-18-;. The second kappa shape index (κ2) is 41.1. The highest BCUT2D eigenvalue weighted by atomic mass is 32.3. The quantitative estimate of drug-likeness (QED) is 0.0285. The molecule has 0 aromatic carbocycles. The highest BCUT2D eigenvalue weighted by Crippen LogP contribution is 2.14.